The third kappa shape index (κ3) is 4.14. The van der Waals surface area contributed by atoms with Gasteiger partial charge in [-0.2, -0.15) is 0 Å². The van der Waals surface area contributed by atoms with E-state index in [0.29, 0.717) is 5.41 Å². The van der Waals surface area contributed by atoms with Gasteiger partial charge in [0, 0.05) is 6.04 Å². The Morgan fingerprint density at radius 3 is 2.20 bits per heavy atom. The van der Waals surface area contributed by atoms with Gasteiger partial charge >= 0.3 is 0 Å². The van der Waals surface area contributed by atoms with E-state index in [4.69, 9.17) is 0 Å². The average molecular weight is 211 g/mol. The van der Waals surface area contributed by atoms with Crippen LogP contribution in [0, 0.1) is 11.3 Å². The molecular formula is C14H29N. The molecule has 1 nitrogen and oxygen atoms in total. The zero-order chi connectivity index (χ0) is 11.3. The first-order chi connectivity index (χ1) is 7.05. The molecule has 0 heterocycles. The highest BCUT2D eigenvalue weighted by atomic mass is 14.9. The molecule has 1 N–H and O–H groups in total. The molecule has 1 fully saturated rings. The van der Waals surface area contributed by atoms with Crippen molar-refractivity contribution in [2.45, 2.75) is 72.3 Å². The van der Waals surface area contributed by atoms with E-state index in [1.165, 1.54) is 45.1 Å². The van der Waals surface area contributed by atoms with Crippen LogP contribution >= 0.6 is 0 Å². The summed E-state index contributed by atoms with van der Waals surface area (Å²) in [6.45, 7) is 10.6. The van der Waals surface area contributed by atoms with Crippen molar-refractivity contribution >= 4 is 0 Å². The fourth-order valence-corrected chi connectivity index (χ4v) is 2.95. The molecule has 90 valence electrons. The highest BCUT2D eigenvalue weighted by molar-refractivity contribution is 4.87. The van der Waals surface area contributed by atoms with Gasteiger partial charge < -0.3 is 5.32 Å². The van der Waals surface area contributed by atoms with Crippen LogP contribution in [0.5, 0.6) is 0 Å². The summed E-state index contributed by atoms with van der Waals surface area (Å²) >= 11 is 0. The van der Waals surface area contributed by atoms with Crippen LogP contribution in [-0.2, 0) is 0 Å². The molecule has 0 amide bonds. The second-order valence-corrected chi connectivity index (χ2v) is 6.20. The number of rotatable bonds is 4. The number of hydrogen-bond acceptors (Lipinski definition) is 1. The average Bonchev–Trinajstić information content (AvgIpc) is 2.18. The van der Waals surface area contributed by atoms with Crippen molar-refractivity contribution in [3.63, 3.8) is 0 Å². The van der Waals surface area contributed by atoms with Crippen LogP contribution < -0.4 is 5.32 Å². The lowest BCUT2D eigenvalue weighted by atomic mass is 9.73. The zero-order valence-electron chi connectivity index (χ0n) is 11.1. The number of hydrogen-bond donors (Lipinski definition) is 1. The Balaban J connectivity index is 2.53. The fraction of sp³-hybridized carbons (Fsp3) is 1.00. The summed E-state index contributed by atoms with van der Waals surface area (Å²) in [4.78, 5) is 0. The Kier molecular flexibility index (Phi) is 5.11. The van der Waals surface area contributed by atoms with E-state index in [-0.39, 0.29) is 0 Å². The summed E-state index contributed by atoms with van der Waals surface area (Å²) in [5, 5.41) is 3.78. The maximum Gasteiger partial charge on any atom is 0.0144 e. The van der Waals surface area contributed by atoms with Gasteiger partial charge in [-0.15, -0.1) is 0 Å². The van der Waals surface area contributed by atoms with Crippen molar-refractivity contribution in [2.24, 2.45) is 11.3 Å². The van der Waals surface area contributed by atoms with Crippen LogP contribution in [0.3, 0.4) is 0 Å². The second-order valence-electron chi connectivity index (χ2n) is 6.20. The third-order valence-electron chi connectivity index (χ3n) is 3.67. The quantitative estimate of drug-likeness (QED) is 0.741. The lowest BCUT2D eigenvalue weighted by Crippen LogP contribution is -2.46. The smallest absolute Gasteiger partial charge is 0.0144 e. The third-order valence-corrected chi connectivity index (χ3v) is 3.67. The molecule has 0 radical (unpaired) electrons. The maximum atomic E-state index is 3.78. The van der Waals surface area contributed by atoms with Gasteiger partial charge in [-0.05, 0) is 37.1 Å². The minimum absolute atomic E-state index is 0.414. The Hall–Kier alpha value is -0.0400. The Morgan fingerprint density at radius 2 is 1.73 bits per heavy atom. The maximum absolute atomic E-state index is 3.78. The van der Waals surface area contributed by atoms with Gasteiger partial charge in [0.15, 0.2) is 0 Å². The summed E-state index contributed by atoms with van der Waals surface area (Å²) in [6.07, 6.45) is 8.49. The normalized spacial score (nSPS) is 21.6. The second kappa shape index (κ2) is 5.89. The lowest BCUT2D eigenvalue weighted by Gasteiger charge is -2.40. The monoisotopic (exact) mass is 211 g/mol. The predicted octanol–water partition coefficient (Wildman–Crippen LogP) is 3.98. The molecule has 0 aliphatic heterocycles. The molecule has 1 unspecified atom stereocenters. The molecule has 1 rings (SSSR count). The molecular weight excluding hydrogens is 182 g/mol. The molecule has 0 aromatic heterocycles. The Morgan fingerprint density at radius 1 is 1.13 bits per heavy atom. The highest BCUT2D eigenvalue weighted by Gasteiger charge is 2.32. The zero-order valence-corrected chi connectivity index (χ0v) is 11.1. The molecule has 0 aromatic carbocycles. The predicted molar refractivity (Wildman–Crippen MR) is 68.1 cm³/mol. The molecule has 0 aromatic rings. The minimum Gasteiger partial charge on any atom is -0.313 e. The molecule has 0 bridgehead atoms. The van der Waals surface area contributed by atoms with Gasteiger partial charge in [0.1, 0.15) is 0 Å². The van der Waals surface area contributed by atoms with Gasteiger partial charge in [-0.25, -0.2) is 0 Å². The molecule has 15 heavy (non-hydrogen) atoms. The van der Waals surface area contributed by atoms with Crippen LogP contribution in [0.15, 0.2) is 0 Å². The Bertz CT molecular complexity index is 163. The van der Waals surface area contributed by atoms with Crippen molar-refractivity contribution in [3.8, 4) is 0 Å². The first-order valence-corrected chi connectivity index (χ1v) is 6.79. The van der Waals surface area contributed by atoms with E-state index in [2.05, 4.69) is 33.0 Å². The summed E-state index contributed by atoms with van der Waals surface area (Å²) in [5.41, 5.74) is 0.414. The topological polar surface area (TPSA) is 12.0 Å². The summed E-state index contributed by atoms with van der Waals surface area (Å²) in [5.74, 6) is 0.922. The van der Waals surface area contributed by atoms with Gasteiger partial charge in [-0.3, -0.25) is 0 Å². The van der Waals surface area contributed by atoms with Gasteiger partial charge in [-0.1, -0.05) is 47.0 Å². The Labute approximate surface area is 96.0 Å². The summed E-state index contributed by atoms with van der Waals surface area (Å²) < 4.78 is 0. The standard InChI is InChI=1S/C14H29N/c1-5-11-15-13(14(2,3)4)12-9-7-6-8-10-12/h12-13,15H,5-11H2,1-4H3. The summed E-state index contributed by atoms with van der Waals surface area (Å²) in [7, 11) is 0. The fourth-order valence-electron chi connectivity index (χ4n) is 2.95. The molecule has 1 aliphatic rings. The van der Waals surface area contributed by atoms with E-state index in [0.717, 1.165) is 12.0 Å². The van der Waals surface area contributed by atoms with E-state index < -0.39 is 0 Å². The van der Waals surface area contributed by atoms with Gasteiger partial charge in [0.05, 0.1) is 0 Å². The van der Waals surface area contributed by atoms with Crippen molar-refractivity contribution in [1.82, 2.24) is 5.32 Å². The largest absolute Gasteiger partial charge is 0.313 e. The van der Waals surface area contributed by atoms with E-state index in [1.807, 2.05) is 0 Å². The van der Waals surface area contributed by atoms with E-state index in [9.17, 15) is 0 Å². The van der Waals surface area contributed by atoms with Crippen LogP contribution in [-0.4, -0.2) is 12.6 Å². The van der Waals surface area contributed by atoms with Crippen LogP contribution in [0.25, 0.3) is 0 Å². The van der Waals surface area contributed by atoms with E-state index in [1.54, 1.807) is 0 Å². The van der Waals surface area contributed by atoms with Crippen molar-refractivity contribution < 1.29 is 0 Å². The van der Waals surface area contributed by atoms with Crippen LogP contribution in [0.2, 0.25) is 0 Å². The number of nitrogens with one attached hydrogen (secondary N) is 1. The molecule has 0 spiro atoms. The molecule has 1 atom stereocenters. The minimum atomic E-state index is 0.414. The van der Waals surface area contributed by atoms with Gasteiger partial charge in [0.2, 0.25) is 0 Å². The first-order valence-electron chi connectivity index (χ1n) is 6.79. The van der Waals surface area contributed by atoms with Crippen LogP contribution in [0.1, 0.15) is 66.2 Å². The van der Waals surface area contributed by atoms with Crippen LogP contribution in [0.4, 0.5) is 0 Å². The first kappa shape index (κ1) is 13.0. The van der Waals surface area contributed by atoms with Crippen molar-refractivity contribution in [1.29, 1.82) is 0 Å². The van der Waals surface area contributed by atoms with Gasteiger partial charge in [0.25, 0.3) is 0 Å². The molecule has 1 aliphatic carbocycles. The molecule has 0 saturated heterocycles. The molecule has 1 heteroatoms. The summed E-state index contributed by atoms with van der Waals surface area (Å²) in [6, 6.07) is 0.720. The van der Waals surface area contributed by atoms with Crippen molar-refractivity contribution in [2.75, 3.05) is 6.54 Å². The lowest BCUT2D eigenvalue weighted by molar-refractivity contribution is 0.158. The SMILES string of the molecule is CCCNC(C1CCCCC1)C(C)(C)C. The molecule has 1 saturated carbocycles. The van der Waals surface area contributed by atoms with E-state index >= 15 is 0 Å². The van der Waals surface area contributed by atoms with Crippen molar-refractivity contribution in [3.05, 3.63) is 0 Å². The highest BCUT2D eigenvalue weighted by Crippen LogP contribution is 2.34.